The smallest absolute Gasteiger partial charge is 0.340 e. The normalized spacial score (nSPS) is 10.8. The number of hydrogen-bond acceptors (Lipinski definition) is 6. The molecule has 0 fully saturated rings. The number of aromatic nitrogens is 5. The van der Waals surface area contributed by atoms with Gasteiger partial charge >= 0.3 is 5.97 Å². The quantitative estimate of drug-likeness (QED) is 0.457. The summed E-state index contributed by atoms with van der Waals surface area (Å²) in [5.41, 5.74) is 4.99. The van der Waals surface area contributed by atoms with Crippen molar-refractivity contribution in [1.82, 2.24) is 24.5 Å². The SMILES string of the molecule is Cc1cc(C)n(-c2ccc(C(=O)OCC(=O)Nc3c(C)nn(-c4ccccc4)c3C)cn2)n1. The van der Waals surface area contributed by atoms with Crippen molar-refractivity contribution in [2.24, 2.45) is 0 Å². The average Bonchev–Trinajstić information content (AvgIpc) is 3.30. The van der Waals surface area contributed by atoms with Crippen LogP contribution in [0.1, 0.15) is 33.1 Å². The van der Waals surface area contributed by atoms with Crippen molar-refractivity contribution in [3.05, 3.63) is 83.1 Å². The molecule has 0 bridgehead atoms. The molecule has 4 aromatic rings. The molecular formula is C24H24N6O3. The number of nitrogens with one attached hydrogen (secondary N) is 1. The van der Waals surface area contributed by atoms with E-state index in [1.54, 1.807) is 21.5 Å². The van der Waals surface area contributed by atoms with Gasteiger partial charge in [-0.2, -0.15) is 10.2 Å². The third-order valence-corrected chi connectivity index (χ3v) is 5.10. The van der Waals surface area contributed by atoms with Crippen LogP contribution < -0.4 is 5.32 Å². The molecule has 3 heterocycles. The van der Waals surface area contributed by atoms with Gasteiger partial charge in [-0.3, -0.25) is 4.79 Å². The molecule has 0 saturated heterocycles. The van der Waals surface area contributed by atoms with Gasteiger partial charge in [0.1, 0.15) is 0 Å². The number of carbonyl (C=O) groups excluding carboxylic acids is 2. The number of hydrogen-bond donors (Lipinski definition) is 1. The van der Waals surface area contributed by atoms with Crippen LogP contribution in [-0.2, 0) is 9.53 Å². The topological polar surface area (TPSA) is 104 Å². The summed E-state index contributed by atoms with van der Waals surface area (Å²) in [5.74, 6) is -0.489. The summed E-state index contributed by atoms with van der Waals surface area (Å²) in [5, 5.41) is 11.7. The molecule has 1 N–H and O–H groups in total. The van der Waals surface area contributed by atoms with Crippen LogP contribution in [0, 0.1) is 27.7 Å². The number of esters is 1. The molecule has 0 radical (unpaired) electrons. The first kappa shape index (κ1) is 21.9. The summed E-state index contributed by atoms with van der Waals surface area (Å²) < 4.78 is 8.62. The minimum absolute atomic E-state index is 0.248. The van der Waals surface area contributed by atoms with Crippen LogP contribution in [0.4, 0.5) is 5.69 Å². The summed E-state index contributed by atoms with van der Waals surface area (Å²) in [6.45, 7) is 7.08. The Kier molecular flexibility index (Phi) is 6.03. The molecule has 9 nitrogen and oxygen atoms in total. The lowest BCUT2D eigenvalue weighted by Gasteiger charge is -2.08. The van der Waals surface area contributed by atoms with E-state index in [4.69, 9.17) is 4.74 Å². The van der Waals surface area contributed by atoms with Gasteiger partial charge in [-0.15, -0.1) is 0 Å². The molecule has 9 heteroatoms. The van der Waals surface area contributed by atoms with Gasteiger partial charge in [0.05, 0.1) is 34.0 Å². The Hall–Kier alpha value is -4.27. The van der Waals surface area contributed by atoms with Crippen LogP contribution in [0.2, 0.25) is 0 Å². The lowest BCUT2D eigenvalue weighted by atomic mass is 10.3. The fourth-order valence-electron chi connectivity index (χ4n) is 3.53. The number of ether oxygens (including phenoxy) is 1. The number of amides is 1. The predicted octanol–water partition coefficient (Wildman–Crippen LogP) is 3.48. The molecular weight excluding hydrogens is 420 g/mol. The third-order valence-electron chi connectivity index (χ3n) is 5.10. The molecule has 0 aliphatic carbocycles. The van der Waals surface area contributed by atoms with E-state index < -0.39 is 18.5 Å². The molecule has 0 atom stereocenters. The molecule has 1 amide bonds. The minimum Gasteiger partial charge on any atom is -0.452 e. The van der Waals surface area contributed by atoms with Crippen LogP contribution in [0.3, 0.4) is 0 Å². The fraction of sp³-hybridized carbons (Fsp3) is 0.208. The first-order valence-electron chi connectivity index (χ1n) is 10.4. The highest BCUT2D eigenvalue weighted by molar-refractivity contribution is 5.96. The maximum atomic E-state index is 12.4. The van der Waals surface area contributed by atoms with Crippen molar-refractivity contribution in [3.63, 3.8) is 0 Å². The Morgan fingerprint density at radius 2 is 1.73 bits per heavy atom. The highest BCUT2D eigenvalue weighted by atomic mass is 16.5. The van der Waals surface area contributed by atoms with Crippen molar-refractivity contribution in [2.45, 2.75) is 27.7 Å². The second kappa shape index (κ2) is 9.07. The molecule has 0 unspecified atom stereocenters. The molecule has 0 spiro atoms. The molecule has 3 aromatic heterocycles. The second-order valence-corrected chi connectivity index (χ2v) is 7.66. The lowest BCUT2D eigenvalue weighted by Crippen LogP contribution is -2.21. The zero-order valence-corrected chi connectivity index (χ0v) is 18.9. The maximum Gasteiger partial charge on any atom is 0.340 e. The highest BCUT2D eigenvalue weighted by Crippen LogP contribution is 2.22. The first-order valence-corrected chi connectivity index (χ1v) is 10.4. The third kappa shape index (κ3) is 4.67. The van der Waals surface area contributed by atoms with E-state index in [0.29, 0.717) is 17.2 Å². The van der Waals surface area contributed by atoms with E-state index in [0.717, 1.165) is 22.8 Å². The molecule has 0 aliphatic rings. The number of rotatable bonds is 6. The van der Waals surface area contributed by atoms with E-state index in [2.05, 4.69) is 20.5 Å². The monoisotopic (exact) mass is 444 g/mol. The summed E-state index contributed by atoms with van der Waals surface area (Å²) in [6, 6.07) is 14.8. The van der Waals surface area contributed by atoms with Gasteiger partial charge in [-0.25, -0.2) is 19.1 Å². The number of para-hydroxylation sites is 1. The Bertz CT molecular complexity index is 1310. The van der Waals surface area contributed by atoms with Gasteiger partial charge in [-0.1, -0.05) is 18.2 Å². The minimum atomic E-state index is -0.633. The Morgan fingerprint density at radius 3 is 2.36 bits per heavy atom. The van der Waals surface area contributed by atoms with Crippen LogP contribution >= 0.6 is 0 Å². The van der Waals surface area contributed by atoms with Crippen molar-refractivity contribution >= 4 is 17.6 Å². The largest absolute Gasteiger partial charge is 0.452 e. The molecule has 168 valence electrons. The first-order chi connectivity index (χ1) is 15.8. The lowest BCUT2D eigenvalue weighted by molar-refractivity contribution is -0.119. The van der Waals surface area contributed by atoms with Gasteiger partial charge in [-0.05, 0) is 58.0 Å². The summed E-state index contributed by atoms with van der Waals surface area (Å²) in [4.78, 5) is 29.1. The van der Waals surface area contributed by atoms with E-state index in [9.17, 15) is 9.59 Å². The van der Waals surface area contributed by atoms with Crippen molar-refractivity contribution in [1.29, 1.82) is 0 Å². The summed E-state index contributed by atoms with van der Waals surface area (Å²) in [7, 11) is 0. The van der Waals surface area contributed by atoms with E-state index in [1.165, 1.54) is 6.20 Å². The summed E-state index contributed by atoms with van der Waals surface area (Å²) in [6.07, 6.45) is 1.41. The average molecular weight is 444 g/mol. The molecule has 1 aromatic carbocycles. The molecule has 33 heavy (non-hydrogen) atoms. The maximum absolute atomic E-state index is 12.4. The van der Waals surface area contributed by atoms with E-state index in [-0.39, 0.29) is 5.56 Å². The summed E-state index contributed by atoms with van der Waals surface area (Å²) >= 11 is 0. The number of nitrogens with zero attached hydrogens (tertiary/aromatic N) is 5. The number of benzene rings is 1. The Morgan fingerprint density at radius 1 is 0.970 bits per heavy atom. The number of aryl methyl sites for hydroxylation is 3. The second-order valence-electron chi connectivity index (χ2n) is 7.66. The van der Waals surface area contributed by atoms with Gasteiger partial charge < -0.3 is 10.1 Å². The Balaban J connectivity index is 1.38. The fourth-order valence-corrected chi connectivity index (χ4v) is 3.53. The molecule has 0 saturated carbocycles. The van der Waals surface area contributed by atoms with Crippen molar-refractivity contribution < 1.29 is 14.3 Å². The Labute approximate surface area is 191 Å². The van der Waals surface area contributed by atoms with Gasteiger partial charge in [0.25, 0.3) is 5.91 Å². The van der Waals surface area contributed by atoms with Crippen molar-refractivity contribution in [3.8, 4) is 11.5 Å². The van der Waals surface area contributed by atoms with Crippen LogP contribution in [0.5, 0.6) is 0 Å². The highest BCUT2D eigenvalue weighted by Gasteiger charge is 2.17. The van der Waals surface area contributed by atoms with Crippen LogP contribution in [0.15, 0.2) is 54.7 Å². The van der Waals surface area contributed by atoms with Crippen LogP contribution in [-0.4, -0.2) is 43.0 Å². The number of pyridine rings is 1. The predicted molar refractivity (Wildman–Crippen MR) is 123 cm³/mol. The molecule has 4 rings (SSSR count). The number of carbonyl (C=O) groups is 2. The van der Waals surface area contributed by atoms with Gasteiger partial charge in [0.2, 0.25) is 0 Å². The van der Waals surface area contributed by atoms with E-state index >= 15 is 0 Å². The van der Waals surface area contributed by atoms with E-state index in [1.807, 2.05) is 64.1 Å². The van der Waals surface area contributed by atoms with Crippen LogP contribution in [0.25, 0.3) is 11.5 Å². The standard InChI is InChI=1S/C24H24N6O3/c1-15-12-16(2)29(27-15)21-11-10-19(13-25-21)24(32)33-14-22(31)26-23-17(3)28-30(18(23)4)20-8-6-5-7-9-20/h5-13H,14H2,1-4H3,(H,26,31). The zero-order valence-electron chi connectivity index (χ0n) is 18.9. The zero-order chi connectivity index (χ0) is 23.5. The number of anilines is 1. The van der Waals surface area contributed by atoms with Gasteiger partial charge in [0, 0.05) is 11.9 Å². The molecule has 0 aliphatic heterocycles. The van der Waals surface area contributed by atoms with Crippen molar-refractivity contribution in [2.75, 3.05) is 11.9 Å². The van der Waals surface area contributed by atoms with Gasteiger partial charge in [0.15, 0.2) is 12.4 Å².